The number of aryl methyl sites for hydroxylation is 3. The molecule has 0 spiro atoms. The number of rotatable bonds is 9. The number of hydrogen-bond donors (Lipinski definition) is 0. The van der Waals surface area contributed by atoms with Crippen molar-refractivity contribution in [3.63, 3.8) is 0 Å². The molecule has 0 heteroatoms. The van der Waals surface area contributed by atoms with Crippen LogP contribution in [0.2, 0.25) is 0 Å². The fourth-order valence-electron chi connectivity index (χ4n) is 5.00. The van der Waals surface area contributed by atoms with Crippen molar-refractivity contribution in [1.29, 1.82) is 0 Å². The maximum absolute atomic E-state index is 2.45. The van der Waals surface area contributed by atoms with Crippen LogP contribution in [-0.4, -0.2) is 0 Å². The van der Waals surface area contributed by atoms with Gasteiger partial charge in [0.1, 0.15) is 0 Å². The summed E-state index contributed by atoms with van der Waals surface area (Å²) in [5.41, 5.74) is 10.3. The van der Waals surface area contributed by atoms with Crippen molar-refractivity contribution >= 4 is 0 Å². The number of benzene rings is 3. The van der Waals surface area contributed by atoms with E-state index in [4.69, 9.17) is 0 Å². The standard InChI is InChI=1S/C31H38/c1-3-5-7-9-25-12-16-27(17-13-25)29-19-21-30-22-28(18-20-31(30)23-29)26-14-10-24(11-15-26)8-6-4-2/h10-18,20,22,29H,3-9,19,21,23H2,1-2H3. The zero-order chi connectivity index (χ0) is 21.5. The van der Waals surface area contributed by atoms with Gasteiger partial charge in [-0.2, -0.15) is 0 Å². The van der Waals surface area contributed by atoms with E-state index in [9.17, 15) is 0 Å². The second-order valence-corrected chi connectivity index (χ2v) is 9.42. The summed E-state index contributed by atoms with van der Waals surface area (Å²) >= 11 is 0. The van der Waals surface area contributed by atoms with E-state index in [0.29, 0.717) is 5.92 Å². The Morgan fingerprint density at radius 1 is 0.645 bits per heavy atom. The normalized spacial score (nSPS) is 15.6. The maximum atomic E-state index is 2.45. The zero-order valence-corrected chi connectivity index (χ0v) is 19.5. The molecule has 1 aliphatic rings. The summed E-state index contributed by atoms with van der Waals surface area (Å²) in [6, 6.07) is 25.9. The van der Waals surface area contributed by atoms with Crippen LogP contribution in [0.4, 0.5) is 0 Å². The van der Waals surface area contributed by atoms with Gasteiger partial charge in [-0.1, -0.05) is 99.8 Å². The van der Waals surface area contributed by atoms with Gasteiger partial charge >= 0.3 is 0 Å². The summed E-state index contributed by atoms with van der Waals surface area (Å²) in [6.07, 6.45) is 12.6. The van der Waals surface area contributed by atoms with E-state index in [2.05, 4.69) is 80.6 Å². The predicted octanol–water partition coefficient (Wildman–Crippen LogP) is 8.70. The number of fused-ring (bicyclic) bond motifs is 1. The van der Waals surface area contributed by atoms with Gasteiger partial charge in [0.15, 0.2) is 0 Å². The Hall–Kier alpha value is -2.34. The number of hydrogen-bond acceptors (Lipinski definition) is 0. The Bertz CT molecular complexity index is 946. The molecule has 162 valence electrons. The van der Waals surface area contributed by atoms with Crippen LogP contribution in [0.3, 0.4) is 0 Å². The van der Waals surface area contributed by atoms with Gasteiger partial charge < -0.3 is 0 Å². The van der Waals surface area contributed by atoms with Crippen LogP contribution < -0.4 is 0 Å². The lowest BCUT2D eigenvalue weighted by atomic mass is 9.79. The average Bonchev–Trinajstić information content (AvgIpc) is 2.83. The molecule has 0 saturated heterocycles. The summed E-state index contributed by atoms with van der Waals surface area (Å²) in [7, 11) is 0. The molecule has 0 radical (unpaired) electrons. The van der Waals surface area contributed by atoms with Gasteiger partial charge in [0.25, 0.3) is 0 Å². The molecule has 0 heterocycles. The van der Waals surface area contributed by atoms with Crippen molar-refractivity contribution in [1.82, 2.24) is 0 Å². The Morgan fingerprint density at radius 2 is 1.29 bits per heavy atom. The van der Waals surface area contributed by atoms with Gasteiger partial charge in [-0.15, -0.1) is 0 Å². The largest absolute Gasteiger partial charge is 0.0654 e. The first-order valence-corrected chi connectivity index (χ1v) is 12.6. The van der Waals surface area contributed by atoms with Crippen LogP contribution in [0, 0.1) is 0 Å². The predicted molar refractivity (Wildman–Crippen MR) is 135 cm³/mol. The van der Waals surface area contributed by atoms with Crippen LogP contribution in [0.5, 0.6) is 0 Å². The van der Waals surface area contributed by atoms with E-state index >= 15 is 0 Å². The monoisotopic (exact) mass is 410 g/mol. The van der Waals surface area contributed by atoms with Crippen LogP contribution >= 0.6 is 0 Å². The quantitative estimate of drug-likeness (QED) is 0.309. The molecule has 1 unspecified atom stereocenters. The van der Waals surface area contributed by atoms with Crippen molar-refractivity contribution in [3.8, 4) is 11.1 Å². The van der Waals surface area contributed by atoms with Gasteiger partial charge in [-0.3, -0.25) is 0 Å². The van der Waals surface area contributed by atoms with Gasteiger partial charge in [0.05, 0.1) is 0 Å². The Balaban J connectivity index is 1.41. The zero-order valence-electron chi connectivity index (χ0n) is 19.5. The van der Waals surface area contributed by atoms with Crippen molar-refractivity contribution in [2.24, 2.45) is 0 Å². The summed E-state index contributed by atoms with van der Waals surface area (Å²) < 4.78 is 0. The molecule has 0 aliphatic heterocycles. The van der Waals surface area contributed by atoms with E-state index in [1.165, 1.54) is 92.0 Å². The molecule has 0 N–H and O–H groups in total. The third-order valence-corrected chi connectivity index (χ3v) is 7.06. The molecule has 1 aliphatic carbocycles. The third-order valence-electron chi connectivity index (χ3n) is 7.06. The molecular formula is C31H38. The summed E-state index contributed by atoms with van der Waals surface area (Å²) in [6.45, 7) is 4.53. The highest BCUT2D eigenvalue weighted by molar-refractivity contribution is 5.65. The molecular weight excluding hydrogens is 372 g/mol. The lowest BCUT2D eigenvalue weighted by molar-refractivity contribution is 0.585. The summed E-state index contributed by atoms with van der Waals surface area (Å²) in [5.74, 6) is 0.667. The Labute approximate surface area is 189 Å². The molecule has 0 nitrogen and oxygen atoms in total. The molecule has 4 rings (SSSR count). The summed E-state index contributed by atoms with van der Waals surface area (Å²) in [5, 5.41) is 0. The smallest absolute Gasteiger partial charge is 0.0118 e. The minimum atomic E-state index is 0.667. The second kappa shape index (κ2) is 10.8. The van der Waals surface area contributed by atoms with Gasteiger partial charge in [-0.05, 0) is 89.8 Å². The lowest BCUT2D eigenvalue weighted by Gasteiger charge is -2.26. The minimum Gasteiger partial charge on any atom is -0.0654 e. The van der Waals surface area contributed by atoms with Crippen molar-refractivity contribution in [3.05, 3.63) is 94.5 Å². The molecule has 1 atom stereocenters. The van der Waals surface area contributed by atoms with Crippen LogP contribution in [0.25, 0.3) is 11.1 Å². The highest BCUT2D eigenvalue weighted by atomic mass is 14.2. The van der Waals surface area contributed by atoms with E-state index in [0.717, 1.165) is 0 Å². The van der Waals surface area contributed by atoms with Crippen molar-refractivity contribution in [2.45, 2.75) is 84.0 Å². The highest BCUT2D eigenvalue weighted by Gasteiger charge is 2.20. The van der Waals surface area contributed by atoms with Gasteiger partial charge in [-0.25, -0.2) is 0 Å². The van der Waals surface area contributed by atoms with E-state index < -0.39 is 0 Å². The molecule has 0 bridgehead atoms. The first kappa shape index (κ1) is 21.9. The summed E-state index contributed by atoms with van der Waals surface area (Å²) in [4.78, 5) is 0. The van der Waals surface area contributed by atoms with Gasteiger partial charge in [0, 0.05) is 0 Å². The third kappa shape index (κ3) is 5.67. The molecule has 3 aromatic carbocycles. The van der Waals surface area contributed by atoms with Crippen LogP contribution in [0.1, 0.15) is 86.1 Å². The molecule has 0 fully saturated rings. The molecule has 0 aromatic heterocycles. The average molecular weight is 411 g/mol. The first-order valence-electron chi connectivity index (χ1n) is 12.6. The number of unbranched alkanes of at least 4 members (excludes halogenated alkanes) is 3. The van der Waals surface area contributed by atoms with E-state index in [1.807, 2.05) is 0 Å². The fourth-order valence-corrected chi connectivity index (χ4v) is 5.00. The second-order valence-electron chi connectivity index (χ2n) is 9.42. The molecule has 3 aromatic rings. The fraction of sp³-hybridized carbons (Fsp3) is 0.419. The minimum absolute atomic E-state index is 0.667. The topological polar surface area (TPSA) is 0 Å². The van der Waals surface area contributed by atoms with Gasteiger partial charge in [0.2, 0.25) is 0 Å². The molecule has 0 saturated carbocycles. The molecule has 0 amide bonds. The van der Waals surface area contributed by atoms with Crippen LogP contribution in [0.15, 0.2) is 66.7 Å². The lowest BCUT2D eigenvalue weighted by Crippen LogP contribution is -2.13. The maximum Gasteiger partial charge on any atom is -0.0118 e. The van der Waals surface area contributed by atoms with Crippen molar-refractivity contribution < 1.29 is 0 Å². The molecule has 31 heavy (non-hydrogen) atoms. The Kier molecular flexibility index (Phi) is 7.62. The highest BCUT2D eigenvalue weighted by Crippen LogP contribution is 2.35. The first-order chi connectivity index (χ1) is 15.3. The van der Waals surface area contributed by atoms with Crippen molar-refractivity contribution in [2.75, 3.05) is 0 Å². The SMILES string of the molecule is CCCCCc1ccc(C2CCc3cc(-c4ccc(CCCC)cc4)ccc3C2)cc1. The van der Waals surface area contributed by atoms with Crippen LogP contribution in [-0.2, 0) is 25.7 Å². The Morgan fingerprint density at radius 3 is 2.00 bits per heavy atom. The van der Waals surface area contributed by atoms with E-state index in [-0.39, 0.29) is 0 Å². The van der Waals surface area contributed by atoms with E-state index in [1.54, 1.807) is 11.1 Å².